The largest absolute Gasteiger partial charge is 0.384 e. The van der Waals surface area contributed by atoms with E-state index >= 15 is 0 Å². The Hall–Kier alpha value is -2.36. The third kappa shape index (κ3) is 5.08. The Kier molecular flexibility index (Phi) is 6.36. The molecule has 1 aromatic carbocycles. The molecule has 2 atom stereocenters. The predicted octanol–water partition coefficient (Wildman–Crippen LogP) is 3.30. The van der Waals surface area contributed by atoms with Gasteiger partial charge in [0.25, 0.3) is 0 Å². The first kappa shape index (κ1) is 18.0. The van der Waals surface area contributed by atoms with Gasteiger partial charge in [-0.3, -0.25) is 0 Å². The van der Waals surface area contributed by atoms with E-state index in [1.165, 1.54) is 11.3 Å². The molecule has 6 heteroatoms. The highest BCUT2D eigenvalue weighted by molar-refractivity contribution is 7.08. The molecule has 0 fully saturated rings. The lowest BCUT2D eigenvalue weighted by atomic mass is 9.99. The number of urea groups is 1. The van der Waals surface area contributed by atoms with E-state index in [2.05, 4.69) is 16.7 Å². The first-order valence-electron chi connectivity index (χ1n) is 7.74. The first-order valence-corrected chi connectivity index (χ1v) is 8.68. The van der Waals surface area contributed by atoms with Gasteiger partial charge < -0.3 is 15.7 Å². The van der Waals surface area contributed by atoms with Gasteiger partial charge in [0.1, 0.15) is 5.60 Å². The molecular formula is C18H21N3O2S. The number of carbonyl (C=O) groups excluding carboxylic acids is 1. The number of thiophene rings is 1. The molecule has 0 aliphatic carbocycles. The summed E-state index contributed by atoms with van der Waals surface area (Å²) in [4.78, 5) is 12.2. The van der Waals surface area contributed by atoms with Crippen molar-refractivity contribution in [3.05, 3.63) is 58.3 Å². The van der Waals surface area contributed by atoms with Crippen LogP contribution in [0.4, 0.5) is 4.79 Å². The molecule has 0 saturated carbocycles. The van der Waals surface area contributed by atoms with E-state index in [0.717, 1.165) is 11.1 Å². The summed E-state index contributed by atoms with van der Waals surface area (Å²) >= 11 is 1.50. The highest BCUT2D eigenvalue weighted by atomic mass is 32.1. The van der Waals surface area contributed by atoms with E-state index in [4.69, 9.17) is 5.26 Å². The maximum Gasteiger partial charge on any atom is 0.315 e. The summed E-state index contributed by atoms with van der Waals surface area (Å²) < 4.78 is 0. The lowest BCUT2D eigenvalue weighted by molar-refractivity contribution is 0.0597. The molecule has 0 radical (unpaired) electrons. The lowest BCUT2D eigenvalue weighted by Gasteiger charge is -2.24. The maximum atomic E-state index is 12.2. The van der Waals surface area contributed by atoms with Crippen molar-refractivity contribution in [2.24, 2.45) is 0 Å². The average Bonchev–Trinajstić information content (AvgIpc) is 3.13. The molecule has 0 aliphatic heterocycles. The molecule has 0 spiro atoms. The van der Waals surface area contributed by atoms with E-state index in [1.54, 1.807) is 6.92 Å². The number of amides is 2. The van der Waals surface area contributed by atoms with Crippen LogP contribution in [0.2, 0.25) is 0 Å². The summed E-state index contributed by atoms with van der Waals surface area (Å²) in [5.41, 5.74) is 0.607. The van der Waals surface area contributed by atoms with Crippen molar-refractivity contribution in [1.82, 2.24) is 10.6 Å². The number of carbonyl (C=O) groups is 1. The first-order chi connectivity index (χ1) is 11.5. The smallest absolute Gasteiger partial charge is 0.315 e. The minimum atomic E-state index is -1.12. The van der Waals surface area contributed by atoms with Gasteiger partial charge in [-0.15, -0.1) is 0 Å². The average molecular weight is 343 g/mol. The number of rotatable bonds is 7. The normalized spacial score (nSPS) is 14.2. The van der Waals surface area contributed by atoms with Crippen LogP contribution in [0.25, 0.3) is 0 Å². The van der Waals surface area contributed by atoms with Crippen molar-refractivity contribution < 1.29 is 9.90 Å². The summed E-state index contributed by atoms with van der Waals surface area (Å²) in [5, 5.41) is 28.6. The summed E-state index contributed by atoms with van der Waals surface area (Å²) in [6, 6.07) is 12.9. The van der Waals surface area contributed by atoms with Gasteiger partial charge in [0, 0.05) is 6.42 Å². The van der Waals surface area contributed by atoms with Crippen LogP contribution in [0.1, 0.15) is 36.9 Å². The van der Waals surface area contributed by atoms with Gasteiger partial charge in [-0.2, -0.15) is 16.6 Å². The van der Waals surface area contributed by atoms with Gasteiger partial charge in [0.05, 0.1) is 18.7 Å². The van der Waals surface area contributed by atoms with Gasteiger partial charge in [0.2, 0.25) is 0 Å². The van der Waals surface area contributed by atoms with E-state index in [-0.39, 0.29) is 18.6 Å². The molecular weight excluding hydrogens is 322 g/mol. The fourth-order valence-electron chi connectivity index (χ4n) is 2.35. The Balaban J connectivity index is 1.94. The zero-order valence-electron chi connectivity index (χ0n) is 13.5. The van der Waals surface area contributed by atoms with Crippen LogP contribution < -0.4 is 10.6 Å². The van der Waals surface area contributed by atoms with Gasteiger partial charge in [-0.1, -0.05) is 30.3 Å². The number of hydrogen-bond donors (Lipinski definition) is 3. The number of aliphatic hydroxyl groups is 1. The van der Waals surface area contributed by atoms with Crippen LogP contribution in [0.5, 0.6) is 0 Å². The summed E-state index contributed by atoms with van der Waals surface area (Å²) in [5.74, 6) is 0. The molecule has 0 bridgehead atoms. The molecule has 5 nitrogen and oxygen atoms in total. The third-order valence-corrected chi connectivity index (χ3v) is 4.47. The Morgan fingerprint density at radius 3 is 2.75 bits per heavy atom. The number of benzene rings is 1. The fourth-order valence-corrected chi connectivity index (χ4v) is 3.13. The van der Waals surface area contributed by atoms with Crippen molar-refractivity contribution in [1.29, 1.82) is 5.26 Å². The van der Waals surface area contributed by atoms with E-state index in [0.29, 0.717) is 12.8 Å². The standard InChI is InChI=1S/C18H21N3O2S/c1-18(23,15-9-11-24-12-15)13-20-17(22)21-16(8-5-10-19)14-6-3-2-4-7-14/h2-4,6-7,9,11-12,16,23H,5,8,13H2,1H3,(H2,20,21,22). The van der Waals surface area contributed by atoms with Crippen LogP contribution >= 0.6 is 11.3 Å². The van der Waals surface area contributed by atoms with E-state index in [1.807, 2.05) is 47.2 Å². The second-order valence-electron chi connectivity index (χ2n) is 5.77. The van der Waals surface area contributed by atoms with E-state index in [9.17, 15) is 9.90 Å². The summed E-state index contributed by atoms with van der Waals surface area (Å²) in [6.45, 7) is 1.77. The second-order valence-corrected chi connectivity index (χ2v) is 6.55. The maximum absolute atomic E-state index is 12.2. The van der Waals surface area contributed by atoms with Gasteiger partial charge in [-0.05, 0) is 41.3 Å². The molecule has 2 unspecified atom stereocenters. The molecule has 126 valence electrons. The highest BCUT2D eigenvalue weighted by Crippen LogP contribution is 2.22. The number of nitrogens with one attached hydrogen (secondary N) is 2. The molecule has 2 amide bonds. The van der Waals surface area contributed by atoms with Crippen molar-refractivity contribution in [2.45, 2.75) is 31.4 Å². The minimum absolute atomic E-state index is 0.106. The van der Waals surface area contributed by atoms with Crippen LogP contribution in [0.15, 0.2) is 47.2 Å². The van der Waals surface area contributed by atoms with Crippen LogP contribution in [0, 0.1) is 11.3 Å². The van der Waals surface area contributed by atoms with Gasteiger partial charge in [0.15, 0.2) is 0 Å². The van der Waals surface area contributed by atoms with Crippen LogP contribution in [-0.4, -0.2) is 17.7 Å². The SMILES string of the molecule is CC(O)(CNC(=O)NC(CCC#N)c1ccccc1)c1ccsc1. The number of nitriles is 1. The minimum Gasteiger partial charge on any atom is -0.384 e. The third-order valence-electron chi connectivity index (χ3n) is 3.79. The van der Waals surface area contributed by atoms with Crippen molar-refractivity contribution in [2.75, 3.05) is 6.54 Å². The molecule has 1 heterocycles. The Morgan fingerprint density at radius 2 is 2.12 bits per heavy atom. The van der Waals surface area contributed by atoms with Crippen LogP contribution in [-0.2, 0) is 5.60 Å². The Morgan fingerprint density at radius 1 is 1.38 bits per heavy atom. The topological polar surface area (TPSA) is 85.2 Å². The predicted molar refractivity (Wildman–Crippen MR) is 94.5 cm³/mol. The highest BCUT2D eigenvalue weighted by Gasteiger charge is 2.24. The number of hydrogen-bond acceptors (Lipinski definition) is 4. The molecule has 3 N–H and O–H groups in total. The molecule has 2 aromatic rings. The summed E-state index contributed by atoms with van der Waals surface area (Å²) in [6.07, 6.45) is 0.890. The van der Waals surface area contributed by atoms with Gasteiger partial charge in [-0.25, -0.2) is 4.79 Å². The zero-order chi connectivity index (χ0) is 17.4. The Labute approximate surface area is 145 Å². The quantitative estimate of drug-likeness (QED) is 0.721. The fraction of sp³-hybridized carbons (Fsp3) is 0.333. The van der Waals surface area contributed by atoms with Crippen molar-refractivity contribution in [3.63, 3.8) is 0 Å². The molecule has 1 aromatic heterocycles. The number of nitrogens with zero attached hydrogens (tertiary/aromatic N) is 1. The van der Waals surface area contributed by atoms with E-state index < -0.39 is 5.60 Å². The molecule has 0 aliphatic rings. The van der Waals surface area contributed by atoms with Gasteiger partial charge >= 0.3 is 6.03 Å². The molecule has 0 saturated heterocycles. The second kappa shape index (κ2) is 8.48. The lowest BCUT2D eigenvalue weighted by Crippen LogP contribution is -2.44. The zero-order valence-corrected chi connectivity index (χ0v) is 14.3. The van der Waals surface area contributed by atoms with Crippen molar-refractivity contribution in [3.8, 4) is 6.07 Å². The summed E-state index contributed by atoms with van der Waals surface area (Å²) in [7, 11) is 0. The monoisotopic (exact) mass is 343 g/mol. The van der Waals surface area contributed by atoms with Crippen LogP contribution in [0.3, 0.4) is 0 Å². The molecule has 2 rings (SSSR count). The Bertz CT molecular complexity index is 678. The molecule has 24 heavy (non-hydrogen) atoms. The van der Waals surface area contributed by atoms with Crippen molar-refractivity contribution >= 4 is 17.4 Å².